The van der Waals surface area contributed by atoms with Crippen molar-refractivity contribution in [2.75, 3.05) is 0 Å². The van der Waals surface area contributed by atoms with Crippen LogP contribution in [-0.4, -0.2) is 18.1 Å². The number of hydrogen-bond donors (Lipinski definition) is 1. The molecule has 2 nitrogen and oxygen atoms in total. The Morgan fingerprint density at radius 1 is 1.38 bits per heavy atom. The Kier molecular flexibility index (Phi) is 6.85. The third-order valence-electron chi connectivity index (χ3n) is 2.12. The number of hydrogen-bond acceptors (Lipinski definition) is 1. The molecule has 0 aliphatic heterocycles. The highest BCUT2D eigenvalue weighted by molar-refractivity contribution is 5.82. The monoisotopic (exact) mass is 237 g/mol. The van der Waals surface area contributed by atoms with Gasteiger partial charge in [-0.25, -0.2) is 0 Å². The van der Waals surface area contributed by atoms with Gasteiger partial charge in [0.25, 0.3) is 0 Å². The molecule has 5 heteroatoms. The molecule has 94 valence electrons. The molecule has 0 bridgehead atoms. The van der Waals surface area contributed by atoms with Gasteiger partial charge < -0.3 is 5.32 Å². The Morgan fingerprint density at radius 2 is 2.00 bits per heavy atom. The number of unbranched alkanes of at least 4 members (excludes halogenated alkanes) is 2. The number of halogens is 3. The van der Waals surface area contributed by atoms with Crippen LogP contribution in [0.2, 0.25) is 0 Å². The quantitative estimate of drug-likeness (QED) is 0.558. The van der Waals surface area contributed by atoms with Crippen LogP contribution in [-0.2, 0) is 4.79 Å². The van der Waals surface area contributed by atoms with Crippen molar-refractivity contribution in [2.24, 2.45) is 0 Å². The molecule has 1 N–H and O–H groups in total. The highest BCUT2D eigenvalue weighted by atomic mass is 19.4. The van der Waals surface area contributed by atoms with Gasteiger partial charge in [0.05, 0.1) is 0 Å². The van der Waals surface area contributed by atoms with E-state index in [9.17, 15) is 18.0 Å². The number of amides is 1. The summed E-state index contributed by atoms with van der Waals surface area (Å²) in [6, 6.07) is -0.523. The average Bonchev–Trinajstić information content (AvgIpc) is 2.16. The maximum Gasteiger partial charge on any atom is 0.471 e. The molecule has 0 aromatic heterocycles. The molecule has 0 fully saturated rings. The topological polar surface area (TPSA) is 29.1 Å². The van der Waals surface area contributed by atoms with Crippen molar-refractivity contribution in [1.82, 2.24) is 5.32 Å². The van der Waals surface area contributed by atoms with Crippen LogP contribution in [0, 0.1) is 0 Å². The molecule has 0 rings (SSSR count). The fourth-order valence-electron chi connectivity index (χ4n) is 1.31. The predicted octanol–water partition coefficient (Wildman–Crippen LogP) is 3.19. The van der Waals surface area contributed by atoms with Crippen LogP contribution in [0.25, 0.3) is 0 Å². The maximum absolute atomic E-state index is 12.0. The largest absolute Gasteiger partial charge is 0.471 e. The smallest absolute Gasteiger partial charge is 0.342 e. The van der Waals surface area contributed by atoms with Crippen LogP contribution in [0.15, 0.2) is 12.2 Å². The van der Waals surface area contributed by atoms with Gasteiger partial charge in [0, 0.05) is 6.04 Å². The molecule has 0 aromatic carbocycles. The maximum atomic E-state index is 12.0. The molecule has 1 amide bonds. The van der Waals surface area contributed by atoms with E-state index in [4.69, 9.17) is 0 Å². The molecule has 0 saturated carbocycles. The van der Waals surface area contributed by atoms with Crippen LogP contribution >= 0.6 is 0 Å². The molecule has 16 heavy (non-hydrogen) atoms. The Labute approximate surface area is 93.9 Å². The first-order chi connectivity index (χ1) is 7.41. The molecule has 1 atom stereocenters. The molecule has 0 aromatic rings. The zero-order valence-corrected chi connectivity index (χ0v) is 9.60. The van der Waals surface area contributed by atoms with Crippen LogP contribution in [0.4, 0.5) is 13.2 Å². The van der Waals surface area contributed by atoms with Gasteiger partial charge in [-0.3, -0.25) is 4.79 Å². The third kappa shape index (κ3) is 6.48. The molecule has 0 unspecified atom stereocenters. The van der Waals surface area contributed by atoms with E-state index < -0.39 is 18.1 Å². The number of nitrogens with one attached hydrogen (secondary N) is 1. The van der Waals surface area contributed by atoms with E-state index in [1.165, 1.54) is 0 Å². The molecular formula is C11H18F3NO. The molecule has 0 saturated heterocycles. The lowest BCUT2D eigenvalue weighted by Gasteiger charge is -2.16. The van der Waals surface area contributed by atoms with E-state index >= 15 is 0 Å². The van der Waals surface area contributed by atoms with Crippen LogP contribution in [0.5, 0.6) is 0 Å². The highest BCUT2D eigenvalue weighted by Gasteiger charge is 2.39. The number of carbonyl (C=O) groups is 1. The second kappa shape index (κ2) is 7.30. The van der Waals surface area contributed by atoms with Gasteiger partial charge in [-0.05, 0) is 13.3 Å². The van der Waals surface area contributed by atoms with Gasteiger partial charge in [0.15, 0.2) is 0 Å². The Hall–Kier alpha value is -1.00. The standard InChI is InChI=1S/C11H18F3NO/c1-3-5-6-8-9(7-4-2)15-10(16)11(12,13)14/h4,7,9H,3,5-6,8H2,1-2H3,(H,15,16)/b7-4-/t9-/m0/s1. The summed E-state index contributed by atoms with van der Waals surface area (Å²) in [7, 11) is 0. The fourth-order valence-corrected chi connectivity index (χ4v) is 1.31. The van der Waals surface area contributed by atoms with Crippen molar-refractivity contribution in [3.8, 4) is 0 Å². The lowest BCUT2D eigenvalue weighted by molar-refractivity contribution is -0.174. The van der Waals surface area contributed by atoms with Gasteiger partial charge in [-0.2, -0.15) is 13.2 Å². The number of allylic oxidation sites excluding steroid dienone is 1. The third-order valence-corrected chi connectivity index (χ3v) is 2.12. The molecule has 0 aliphatic rings. The SMILES string of the molecule is C/C=C\[C@@H](CCCCC)NC(=O)C(F)(F)F. The van der Waals surface area contributed by atoms with Crippen molar-refractivity contribution in [3.63, 3.8) is 0 Å². The highest BCUT2D eigenvalue weighted by Crippen LogP contribution is 2.15. The summed E-state index contributed by atoms with van der Waals surface area (Å²) >= 11 is 0. The van der Waals surface area contributed by atoms with Gasteiger partial charge >= 0.3 is 12.1 Å². The van der Waals surface area contributed by atoms with Crippen molar-refractivity contribution < 1.29 is 18.0 Å². The number of rotatable bonds is 6. The molecule has 0 heterocycles. The lowest BCUT2D eigenvalue weighted by atomic mass is 10.1. The Morgan fingerprint density at radius 3 is 2.44 bits per heavy atom. The molecule has 0 aliphatic carbocycles. The minimum atomic E-state index is -4.80. The first kappa shape index (κ1) is 15.0. The van der Waals surface area contributed by atoms with Crippen molar-refractivity contribution in [1.29, 1.82) is 0 Å². The average molecular weight is 237 g/mol. The summed E-state index contributed by atoms with van der Waals surface area (Å²) in [5.74, 6) is -1.87. The van der Waals surface area contributed by atoms with Gasteiger partial charge in [-0.1, -0.05) is 38.3 Å². The zero-order valence-electron chi connectivity index (χ0n) is 9.60. The summed E-state index contributed by atoms with van der Waals surface area (Å²) in [5, 5.41) is 1.97. The Bertz CT molecular complexity index is 236. The van der Waals surface area contributed by atoms with E-state index in [1.54, 1.807) is 19.1 Å². The van der Waals surface area contributed by atoms with Crippen molar-refractivity contribution in [2.45, 2.75) is 51.7 Å². The number of carbonyl (C=O) groups excluding carboxylic acids is 1. The first-order valence-electron chi connectivity index (χ1n) is 5.42. The van der Waals surface area contributed by atoms with E-state index in [1.807, 2.05) is 12.2 Å². The van der Waals surface area contributed by atoms with E-state index in [0.29, 0.717) is 6.42 Å². The second-order valence-electron chi connectivity index (χ2n) is 3.60. The van der Waals surface area contributed by atoms with Crippen LogP contribution in [0.3, 0.4) is 0 Å². The zero-order chi connectivity index (χ0) is 12.6. The summed E-state index contributed by atoms with van der Waals surface area (Å²) in [4.78, 5) is 10.7. The molecular weight excluding hydrogens is 219 g/mol. The molecule has 0 spiro atoms. The minimum absolute atomic E-state index is 0.523. The van der Waals surface area contributed by atoms with E-state index in [2.05, 4.69) is 0 Å². The van der Waals surface area contributed by atoms with E-state index in [-0.39, 0.29) is 0 Å². The second-order valence-corrected chi connectivity index (χ2v) is 3.60. The fraction of sp³-hybridized carbons (Fsp3) is 0.727. The van der Waals surface area contributed by atoms with Crippen LogP contribution < -0.4 is 5.32 Å². The summed E-state index contributed by atoms with van der Waals surface area (Å²) < 4.78 is 36.0. The summed E-state index contributed by atoms with van der Waals surface area (Å²) in [5.41, 5.74) is 0. The van der Waals surface area contributed by atoms with Gasteiger partial charge in [0.1, 0.15) is 0 Å². The van der Waals surface area contributed by atoms with Crippen LogP contribution in [0.1, 0.15) is 39.5 Å². The summed E-state index contributed by atoms with van der Waals surface area (Å²) in [6.45, 7) is 3.73. The van der Waals surface area contributed by atoms with Gasteiger partial charge in [-0.15, -0.1) is 0 Å². The Balaban J connectivity index is 4.17. The normalized spacial score (nSPS) is 14.1. The summed E-state index contributed by atoms with van der Waals surface area (Å²) in [6.07, 6.45) is 1.73. The van der Waals surface area contributed by atoms with Crippen molar-refractivity contribution in [3.05, 3.63) is 12.2 Å². The lowest BCUT2D eigenvalue weighted by Crippen LogP contribution is -2.42. The minimum Gasteiger partial charge on any atom is -0.342 e. The first-order valence-corrected chi connectivity index (χ1v) is 5.42. The van der Waals surface area contributed by atoms with Crippen molar-refractivity contribution >= 4 is 5.91 Å². The van der Waals surface area contributed by atoms with Gasteiger partial charge in [0.2, 0.25) is 0 Å². The molecule has 0 radical (unpaired) electrons. The predicted molar refractivity (Wildman–Crippen MR) is 56.9 cm³/mol. The number of alkyl halides is 3. The van der Waals surface area contributed by atoms with E-state index in [0.717, 1.165) is 19.3 Å².